The van der Waals surface area contributed by atoms with Crippen molar-refractivity contribution in [1.29, 1.82) is 5.26 Å². The maximum atomic E-state index is 12.6. The van der Waals surface area contributed by atoms with E-state index in [1.165, 1.54) is 0 Å². The molecule has 0 amide bonds. The van der Waals surface area contributed by atoms with Gasteiger partial charge in [0.1, 0.15) is 5.39 Å². The number of nitrogens with zero attached hydrogens (tertiary/aromatic N) is 4. The molecule has 146 valence electrons. The van der Waals surface area contributed by atoms with E-state index in [9.17, 15) is 10.1 Å². The summed E-state index contributed by atoms with van der Waals surface area (Å²) >= 11 is 1.62. The number of pyridine rings is 1. The molecule has 0 spiro atoms. The summed E-state index contributed by atoms with van der Waals surface area (Å²) in [6.45, 7) is 2.94. The van der Waals surface area contributed by atoms with Gasteiger partial charge in [0.25, 0.3) is 5.56 Å². The summed E-state index contributed by atoms with van der Waals surface area (Å²) < 4.78 is 8.43. The van der Waals surface area contributed by atoms with Crippen molar-refractivity contribution in [3.05, 3.63) is 45.8 Å². The van der Waals surface area contributed by atoms with Crippen LogP contribution in [0.2, 0.25) is 0 Å². The van der Waals surface area contributed by atoms with Crippen LogP contribution in [0.25, 0.3) is 21.1 Å². The first-order valence-electron chi connectivity index (χ1n) is 9.35. The molecule has 1 unspecified atom stereocenters. The van der Waals surface area contributed by atoms with Crippen molar-refractivity contribution in [2.75, 3.05) is 18.5 Å². The van der Waals surface area contributed by atoms with Gasteiger partial charge < -0.3 is 15.0 Å². The number of benzene rings is 1. The molecule has 1 aliphatic heterocycles. The van der Waals surface area contributed by atoms with Crippen LogP contribution in [0.5, 0.6) is 0 Å². The van der Waals surface area contributed by atoms with E-state index < -0.39 is 0 Å². The third kappa shape index (κ3) is 3.06. The molecule has 0 bridgehead atoms. The van der Waals surface area contributed by atoms with Crippen LogP contribution in [0.1, 0.15) is 17.5 Å². The van der Waals surface area contributed by atoms with Crippen molar-refractivity contribution in [3.63, 3.8) is 0 Å². The van der Waals surface area contributed by atoms with Crippen LogP contribution in [-0.4, -0.2) is 33.0 Å². The maximum absolute atomic E-state index is 12.6. The predicted octanol–water partition coefficient (Wildman–Crippen LogP) is 3.49. The lowest BCUT2D eigenvalue weighted by Gasteiger charge is -2.27. The average Bonchev–Trinajstić information content (AvgIpc) is 3.28. The van der Waals surface area contributed by atoms with E-state index in [2.05, 4.69) is 21.4 Å². The van der Waals surface area contributed by atoms with Crippen LogP contribution < -0.4 is 10.9 Å². The minimum atomic E-state index is -0.236. The van der Waals surface area contributed by atoms with Gasteiger partial charge in [0.2, 0.25) is 0 Å². The molecule has 3 aromatic heterocycles. The minimum absolute atomic E-state index is 0.212. The van der Waals surface area contributed by atoms with Crippen molar-refractivity contribution >= 4 is 44.0 Å². The Morgan fingerprint density at radius 3 is 3.17 bits per heavy atom. The standard InChI is InChI=1S/C20H18N6O2S/c1-11-23-14-3-2-13(8-17(14)29-11)24-19-18-15(4-6-22-20(18)27)26(25-19)16-10-28-7-5-12(16)9-21/h2-4,6,8,12,16H,5,7,10H2,1H3,(H,22,27)(H,24,25)/t12-,16?/m1/s1. The monoisotopic (exact) mass is 406 g/mol. The van der Waals surface area contributed by atoms with E-state index in [0.29, 0.717) is 36.4 Å². The lowest BCUT2D eigenvalue weighted by molar-refractivity contribution is 0.0359. The van der Waals surface area contributed by atoms with Gasteiger partial charge in [0.05, 0.1) is 45.4 Å². The number of rotatable bonds is 3. The molecular weight excluding hydrogens is 388 g/mol. The molecule has 4 heterocycles. The molecule has 1 aliphatic rings. The Kier molecular flexibility index (Phi) is 4.30. The number of H-pyrrole nitrogens is 1. The number of aryl methyl sites for hydroxylation is 1. The summed E-state index contributed by atoms with van der Waals surface area (Å²) in [7, 11) is 0. The summed E-state index contributed by atoms with van der Waals surface area (Å²) in [5.41, 5.74) is 2.23. The molecule has 2 atom stereocenters. The van der Waals surface area contributed by atoms with Gasteiger partial charge in [0, 0.05) is 18.5 Å². The van der Waals surface area contributed by atoms with Crippen molar-refractivity contribution in [2.45, 2.75) is 19.4 Å². The molecule has 1 saturated heterocycles. The number of ether oxygens (including phenoxy) is 1. The van der Waals surface area contributed by atoms with Crippen molar-refractivity contribution in [2.24, 2.45) is 5.92 Å². The highest BCUT2D eigenvalue weighted by atomic mass is 32.1. The summed E-state index contributed by atoms with van der Waals surface area (Å²) in [4.78, 5) is 19.8. The van der Waals surface area contributed by atoms with Gasteiger partial charge >= 0.3 is 0 Å². The van der Waals surface area contributed by atoms with Crippen molar-refractivity contribution in [3.8, 4) is 6.07 Å². The third-order valence-corrected chi connectivity index (χ3v) is 6.13. The van der Waals surface area contributed by atoms with E-state index >= 15 is 0 Å². The average molecular weight is 406 g/mol. The van der Waals surface area contributed by atoms with Gasteiger partial charge in [-0.15, -0.1) is 11.3 Å². The summed E-state index contributed by atoms with van der Waals surface area (Å²) in [6, 6.07) is 9.81. The van der Waals surface area contributed by atoms with E-state index in [1.54, 1.807) is 22.2 Å². The van der Waals surface area contributed by atoms with Crippen LogP contribution in [0, 0.1) is 24.2 Å². The van der Waals surface area contributed by atoms with Gasteiger partial charge in [-0.25, -0.2) is 4.98 Å². The first kappa shape index (κ1) is 17.8. The lowest BCUT2D eigenvalue weighted by atomic mass is 9.96. The predicted molar refractivity (Wildman–Crippen MR) is 112 cm³/mol. The molecule has 9 heteroatoms. The number of nitrogens with one attached hydrogen (secondary N) is 2. The van der Waals surface area contributed by atoms with Crippen molar-refractivity contribution < 1.29 is 4.74 Å². The normalized spacial score (nSPS) is 19.4. The van der Waals surface area contributed by atoms with E-state index in [1.807, 2.05) is 31.2 Å². The molecule has 4 aromatic rings. The second-order valence-electron chi connectivity index (χ2n) is 7.07. The Balaban J connectivity index is 1.61. The van der Waals surface area contributed by atoms with Gasteiger partial charge in [0.15, 0.2) is 5.82 Å². The van der Waals surface area contributed by atoms with Crippen LogP contribution in [0.15, 0.2) is 35.3 Å². The Labute approximate surface area is 169 Å². The van der Waals surface area contributed by atoms with Crippen LogP contribution in [0.3, 0.4) is 0 Å². The van der Waals surface area contributed by atoms with Crippen LogP contribution in [0.4, 0.5) is 11.5 Å². The molecule has 29 heavy (non-hydrogen) atoms. The van der Waals surface area contributed by atoms with E-state index in [4.69, 9.17) is 9.84 Å². The Hall–Kier alpha value is -3.22. The Morgan fingerprint density at radius 1 is 1.41 bits per heavy atom. The van der Waals surface area contributed by atoms with Crippen LogP contribution >= 0.6 is 11.3 Å². The van der Waals surface area contributed by atoms with E-state index in [0.717, 1.165) is 20.9 Å². The van der Waals surface area contributed by atoms with Gasteiger partial charge in [-0.2, -0.15) is 10.4 Å². The highest BCUT2D eigenvalue weighted by molar-refractivity contribution is 7.18. The first-order valence-corrected chi connectivity index (χ1v) is 10.2. The zero-order chi connectivity index (χ0) is 20.0. The highest BCUT2D eigenvalue weighted by Gasteiger charge is 2.30. The first-order chi connectivity index (χ1) is 14.1. The van der Waals surface area contributed by atoms with Gasteiger partial charge in [-0.3, -0.25) is 9.48 Å². The number of thiazole rings is 1. The molecule has 0 aliphatic carbocycles. The molecular formula is C20H18N6O2S. The molecule has 5 rings (SSSR count). The largest absolute Gasteiger partial charge is 0.379 e. The molecule has 2 N–H and O–H groups in total. The second-order valence-corrected chi connectivity index (χ2v) is 8.30. The molecule has 1 aromatic carbocycles. The number of fused-ring (bicyclic) bond motifs is 2. The Bertz CT molecular complexity index is 1310. The zero-order valence-electron chi connectivity index (χ0n) is 15.7. The number of aromatic amines is 1. The number of nitriles is 1. The quantitative estimate of drug-likeness (QED) is 0.539. The lowest BCUT2D eigenvalue weighted by Crippen LogP contribution is -2.30. The fourth-order valence-electron chi connectivity index (χ4n) is 3.81. The molecule has 1 fully saturated rings. The second kappa shape index (κ2) is 6.99. The fraction of sp³-hybridized carbons (Fsp3) is 0.300. The molecule has 0 saturated carbocycles. The molecule has 8 nitrogen and oxygen atoms in total. The fourth-order valence-corrected chi connectivity index (χ4v) is 4.68. The third-order valence-electron chi connectivity index (χ3n) is 5.19. The van der Waals surface area contributed by atoms with Gasteiger partial charge in [-0.05, 0) is 37.6 Å². The summed E-state index contributed by atoms with van der Waals surface area (Å²) in [5, 5.41) is 19.0. The molecule has 0 radical (unpaired) electrons. The number of aromatic nitrogens is 4. The SMILES string of the molecule is Cc1nc2ccc(Nc3nn(C4COCC[C@@H]4C#N)c4cc[nH]c(=O)c34)cc2s1. The zero-order valence-corrected chi connectivity index (χ0v) is 16.5. The number of anilines is 2. The van der Waals surface area contributed by atoms with Gasteiger partial charge in [-0.1, -0.05) is 0 Å². The maximum Gasteiger partial charge on any atom is 0.261 e. The topological polar surface area (TPSA) is 109 Å². The summed E-state index contributed by atoms with van der Waals surface area (Å²) in [5.74, 6) is 0.250. The van der Waals surface area contributed by atoms with E-state index in [-0.39, 0.29) is 17.5 Å². The minimum Gasteiger partial charge on any atom is -0.379 e. The smallest absolute Gasteiger partial charge is 0.261 e. The highest BCUT2D eigenvalue weighted by Crippen LogP contribution is 2.32. The summed E-state index contributed by atoms with van der Waals surface area (Å²) in [6.07, 6.45) is 2.25. The van der Waals surface area contributed by atoms with Crippen LogP contribution in [-0.2, 0) is 4.74 Å². The number of hydrogen-bond donors (Lipinski definition) is 2. The number of hydrogen-bond acceptors (Lipinski definition) is 7. The Morgan fingerprint density at radius 2 is 2.31 bits per heavy atom. The van der Waals surface area contributed by atoms with Crippen molar-refractivity contribution in [1.82, 2.24) is 19.7 Å².